The number of hydrogen-bond acceptors (Lipinski definition) is 4. The Morgan fingerprint density at radius 1 is 1.00 bits per heavy atom. The molecular weight excluding hydrogens is 328 g/mol. The van der Waals surface area contributed by atoms with Gasteiger partial charge in [0.2, 0.25) is 0 Å². The van der Waals surface area contributed by atoms with E-state index in [1.54, 1.807) is 19.1 Å². The number of amides is 1. The lowest BCUT2D eigenvalue weighted by Gasteiger charge is -2.14. The second kappa shape index (κ2) is 9.70. The van der Waals surface area contributed by atoms with Crippen LogP contribution in [-0.2, 0) is 4.74 Å². The van der Waals surface area contributed by atoms with Gasteiger partial charge >= 0.3 is 5.97 Å². The number of carbonyl (C=O) groups excluding carboxylic acids is 2. The molecule has 0 radical (unpaired) electrons. The van der Waals surface area contributed by atoms with Gasteiger partial charge in [0.1, 0.15) is 5.69 Å². The Morgan fingerprint density at radius 3 is 2.12 bits per heavy atom. The van der Waals surface area contributed by atoms with Crippen LogP contribution >= 0.6 is 0 Å². The van der Waals surface area contributed by atoms with Crippen LogP contribution in [0.25, 0.3) is 0 Å². The lowest BCUT2D eigenvalue weighted by atomic mass is 10.0. The molecule has 0 aliphatic heterocycles. The standard InChI is InChI=1S/C19H22N2O3.C2H6/c1-6-24-19(23)15-9-12(3)16(13(4)10-15)21-18(22)17-11(2)7-8-14(5)20-17;1-2/h7-10H,6H2,1-5H3,(H,21,22);1-2H3. The zero-order valence-electron chi connectivity index (χ0n) is 16.7. The molecule has 1 aromatic heterocycles. The quantitative estimate of drug-likeness (QED) is 0.801. The maximum atomic E-state index is 12.5. The summed E-state index contributed by atoms with van der Waals surface area (Å²) in [4.78, 5) is 28.7. The van der Waals surface area contributed by atoms with Gasteiger partial charge in [-0.1, -0.05) is 19.9 Å². The minimum Gasteiger partial charge on any atom is -0.462 e. The molecule has 0 unspecified atom stereocenters. The number of hydrogen-bond donors (Lipinski definition) is 1. The van der Waals surface area contributed by atoms with Gasteiger partial charge in [-0.3, -0.25) is 4.79 Å². The number of aromatic nitrogens is 1. The van der Waals surface area contributed by atoms with Crippen LogP contribution in [0.4, 0.5) is 5.69 Å². The van der Waals surface area contributed by atoms with Crippen LogP contribution in [0.5, 0.6) is 0 Å². The SMILES string of the molecule is CC.CCOC(=O)c1cc(C)c(NC(=O)c2nc(C)ccc2C)c(C)c1. The average molecular weight is 356 g/mol. The molecule has 0 saturated carbocycles. The molecule has 0 aliphatic rings. The maximum absolute atomic E-state index is 12.5. The van der Waals surface area contributed by atoms with Crippen molar-refractivity contribution in [3.8, 4) is 0 Å². The third-order valence-corrected chi connectivity index (χ3v) is 3.73. The van der Waals surface area contributed by atoms with Crippen LogP contribution in [0.1, 0.15) is 64.0 Å². The second-order valence-corrected chi connectivity index (χ2v) is 5.78. The molecule has 1 amide bonds. The monoisotopic (exact) mass is 356 g/mol. The number of nitrogens with zero attached hydrogens (tertiary/aromatic N) is 1. The van der Waals surface area contributed by atoms with Gasteiger partial charge in [-0.05, 0) is 69.5 Å². The fraction of sp³-hybridized carbons (Fsp3) is 0.381. The van der Waals surface area contributed by atoms with Crippen molar-refractivity contribution in [3.05, 3.63) is 57.9 Å². The second-order valence-electron chi connectivity index (χ2n) is 5.78. The molecule has 5 heteroatoms. The van der Waals surface area contributed by atoms with E-state index in [1.165, 1.54) is 0 Å². The molecule has 140 valence electrons. The molecule has 2 rings (SSSR count). The number of benzene rings is 1. The molecule has 1 N–H and O–H groups in total. The number of rotatable bonds is 4. The highest BCUT2D eigenvalue weighted by molar-refractivity contribution is 6.05. The molecule has 5 nitrogen and oxygen atoms in total. The highest BCUT2D eigenvalue weighted by Crippen LogP contribution is 2.23. The Morgan fingerprint density at radius 2 is 1.58 bits per heavy atom. The van der Waals surface area contributed by atoms with Crippen molar-refractivity contribution in [1.29, 1.82) is 0 Å². The summed E-state index contributed by atoms with van der Waals surface area (Å²) in [7, 11) is 0. The van der Waals surface area contributed by atoms with Crippen molar-refractivity contribution in [1.82, 2.24) is 4.98 Å². The zero-order chi connectivity index (χ0) is 19.9. The number of anilines is 1. The van der Waals surface area contributed by atoms with Crippen molar-refractivity contribution in [2.24, 2.45) is 0 Å². The fourth-order valence-corrected chi connectivity index (χ4v) is 2.52. The van der Waals surface area contributed by atoms with Crippen LogP contribution < -0.4 is 5.32 Å². The molecule has 0 aliphatic carbocycles. The Kier molecular flexibility index (Phi) is 7.97. The minimum absolute atomic E-state index is 0.258. The van der Waals surface area contributed by atoms with E-state index in [1.807, 2.05) is 53.7 Å². The highest BCUT2D eigenvalue weighted by Gasteiger charge is 2.16. The van der Waals surface area contributed by atoms with Crippen LogP contribution in [0.3, 0.4) is 0 Å². The molecule has 26 heavy (non-hydrogen) atoms. The van der Waals surface area contributed by atoms with Gasteiger partial charge in [-0.15, -0.1) is 0 Å². The van der Waals surface area contributed by atoms with E-state index in [0.29, 0.717) is 23.6 Å². The van der Waals surface area contributed by atoms with Gasteiger partial charge in [-0.25, -0.2) is 9.78 Å². The Hall–Kier alpha value is -2.69. The van der Waals surface area contributed by atoms with Gasteiger partial charge in [0.25, 0.3) is 5.91 Å². The molecule has 1 heterocycles. The van der Waals surface area contributed by atoms with Crippen molar-refractivity contribution >= 4 is 17.6 Å². The summed E-state index contributed by atoms with van der Waals surface area (Å²) < 4.78 is 5.02. The maximum Gasteiger partial charge on any atom is 0.338 e. The molecular formula is C21H28N2O3. The average Bonchev–Trinajstić information content (AvgIpc) is 2.61. The topological polar surface area (TPSA) is 68.3 Å². The normalized spacial score (nSPS) is 9.81. The lowest BCUT2D eigenvalue weighted by Crippen LogP contribution is -2.17. The smallest absolute Gasteiger partial charge is 0.338 e. The summed E-state index contributed by atoms with van der Waals surface area (Å²) >= 11 is 0. The number of ether oxygens (including phenoxy) is 1. The number of carbonyl (C=O) groups is 2. The van der Waals surface area contributed by atoms with Crippen LogP contribution in [0, 0.1) is 27.7 Å². The summed E-state index contributed by atoms with van der Waals surface area (Å²) in [5, 5.41) is 2.91. The molecule has 0 bridgehead atoms. The summed E-state index contributed by atoms with van der Waals surface area (Å²) in [6, 6.07) is 7.19. The largest absolute Gasteiger partial charge is 0.462 e. The Balaban J connectivity index is 0.00000163. The van der Waals surface area contributed by atoms with Crippen LogP contribution in [0.15, 0.2) is 24.3 Å². The number of pyridine rings is 1. The first-order valence-corrected chi connectivity index (χ1v) is 8.87. The predicted molar refractivity (Wildman–Crippen MR) is 105 cm³/mol. The van der Waals surface area contributed by atoms with E-state index in [9.17, 15) is 9.59 Å². The summed E-state index contributed by atoms with van der Waals surface area (Å²) in [6.45, 7) is 13.5. The summed E-state index contributed by atoms with van der Waals surface area (Å²) in [6.07, 6.45) is 0. The fourth-order valence-electron chi connectivity index (χ4n) is 2.52. The van der Waals surface area contributed by atoms with Gasteiger partial charge in [0, 0.05) is 11.4 Å². The molecule has 0 spiro atoms. The first kappa shape index (κ1) is 21.4. The number of aryl methyl sites for hydroxylation is 4. The molecule has 0 saturated heterocycles. The predicted octanol–water partition coefficient (Wildman–Crippen LogP) is 4.77. The Labute approximate surface area is 155 Å². The van der Waals surface area contributed by atoms with E-state index in [0.717, 1.165) is 22.4 Å². The van der Waals surface area contributed by atoms with Crippen molar-refractivity contribution in [2.75, 3.05) is 11.9 Å². The van der Waals surface area contributed by atoms with Crippen LogP contribution in [0.2, 0.25) is 0 Å². The number of nitrogens with one attached hydrogen (secondary N) is 1. The Bertz CT molecular complexity index is 775. The van der Waals surface area contributed by atoms with E-state index in [-0.39, 0.29) is 11.9 Å². The minimum atomic E-state index is -0.363. The van der Waals surface area contributed by atoms with Gasteiger partial charge in [0.15, 0.2) is 0 Å². The van der Waals surface area contributed by atoms with Gasteiger partial charge < -0.3 is 10.1 Å². The van der Waals surface area contributed by atoms with Crippen molar-refractivity contribution < 1.29 is 14.3 Å². The van der Waals surface area contributed by atoms with E-state index in [2.05, 4.69) is 10.3 Å². The third-order valence-electron chi connectivity index (χ3n) is 3.73. The first-order valence-electron chi connectivity index (χ1n) is 8.87. The van der Waals surface area contributed by atoms with Crippen molar-refractivity contribution in [3.63, 3.8) is 0 Å². The van der Waals surface area contributed by atoms with Gasteiger partial charge in [0.05, 0.1) is 12.2 Å². The third kappa shape index (κ3) is 5.15. The summed E-state index contributed by atoms with van der Waals surface area (Å²) in [5.74, 6) is -0.621. The van der Waals surface area contributed by atoms with E-state index in [4.69, 9.17) is 4.74 Å². The molecule has 0 fully saturated rings. The van der Waals surface area contributed by atoms with Gasteiger partial charge in [-0.2, -0.15) is 0 Å². The highest BCUT2D eigenvalue weighted by atomic mass is 16.5. The molecule has 2 aromatic rings. The molecule has 0 atom stereocenters. The zero-order valence-corrected chi connectivity index (χ0v) is 16.7. The number of esters is 1. The van der Waals surface area contributed by atoms with Crippen molar-refractivity contribution in [2.45, 2.75) is 48.5 Å². The van der Waals surface area contributed by atoms with E-state index >= 15 is 0 Å². The lowest BCUT2D eigenvalue weighted by molar-refractivity contribution is 0.0526. The van der Waals surface area contributed by atoms with E-state index < -0.39 is 0 Å². The first-order chi connectivity index (χ1) is 12.3. The summed E-state index contributed by atoms with van der Waals surface area (Å²) in [5.41, 5.74) is 4.79. The van der Waals surface area contributed by atoms with Crippen LogP contribution in [-0.4, -0.2) is 23.5 Å². The molecule has 1 aromatic carbocycles.